The van der Waals surface area contributed by atoms with Crippen LogP contribution in [0.5, 0.6) is 0 Å². The van der Waals surface area contributed by atoms with E-state index in [1.807, 2.05) is 10.3 Å². The van der Waals surface area contributed by atoms with Crippen molar-refractivity contribution in [2.45, 2.75) is 23.0 Å². The van der Waals surface area contributed by atoms with E-state index in [2.05, 4.69) is 4.98 Å². The van der Waals surface area contributed by atoms with Crippen molar-refractivity contribution in [3.8, 4) is 11.3 Å². The predicted molar refractivity (Wildman–Crippen MR) is 116 cm³/mol. The summed E-state index contributed by atoms with van der Waals surface area (Å²) >= 11 is 13.6. The summed E-state index contributed by atoms with van der Waals surface area (Å²) in [6, 6.07) is 7.76. The van der Waals surface area contributed by atoms with Crippen LogP contribution in [0.3, 0.4) is 0 Å². The highest BCUT2D eigenvalue weighted by Crippen LogP contribution is 2.35. The van der Waals surface area contributed by atoms with Gasteiger partial charge >= 0.3 is 0 Å². The summed E-state index contributed by atoms with van der Waals surface area (Å²) in [6.45, 7) is 0.933. The molecular weight excluding hydrogens is 473 g/mol. The molecule has 0 amide bonds. The highest BCUT2D eigenvalue weighted by Gasteiger charge is 2.34. The second-order valence-electron chi connectivity index (χ2n) is 6.95. The van der Waals surface area contributed by atoms with Gasteiger partial charge in [0.25, 0.3) is 0 Å². The SMILES string of the molecule is O=S(=O)(c1ccc(F)cc1F)C1CCN(c2nc(-c3ccc(Cl)cc3Cl)cs2)CC1. The Bertz CT molecular complexity index is 1190. The Morgan fingerprint density at radius 2 is 1.80 bits per heavy atom. The molecule has 1 aliphatic heterocycles. The number of hydrogen-bond donors (Lipinski definition) is 0. The first-order valence-corrected chi connectivity index (χ1v) is 12.3. The Morgan fingerprint density at radius 3 is 2.47 bits per heavy atom. The molecule has 0 saturated carbocycles. The number of anilines is 1. The van der Waals surface area contributed by atoms with Crippen LogP contribution in [-0.4, -0.2) is 31.7 Å². The molecule has 0 radical (unpaired) electrons. The lowest BCUT2D eigenvalue weighted by molar-refractivity contribution is 0.516. The number of rotatable bonds is 4. The molecule has 2 aromatic carbocycles. The summed E-state index contributed by atoms with van der Waals surface area (Å²) in [5.74, 6) is -1.86. The van der Waals surface area contributed by atoms with E-state index in [0.717, 1.165) is 28.5 Å². The second-order valence-corrected chi connectivity index (χ2v) is 10.8. The van der Waals surface area contributed by atoms with E-state index in [-0.39, 0.29) is 0 Å². The molecule has 10 heteroatoms. The van der Waals surface area contributed by atoms with Crippen molar-refractivity contribution in [2.75, 3.05) is 18.0 Å². The molecule has 0 aliphatic carbocycles. The molecule has 2 heterocycles. The average Bonchev–Trinajstić information content (AvgIpc) is 3.17. The maximum atomic E-state index is 14.0. The van der Waals surface area contributed by atoms with Gasteiger partial charge in [0.05, 0.1) is 16.0 Å². The molecule has 0 bridgehead atoms. The third kappa shape index (κ3) is 4.19. The number of piperidine rings is 1. The molecule has 1 aromatic heterocycles. The van der Waals surface area contributed by atoms with Gasteiger partial charge in [-0.2, -0.15) is 0 Å². The van der Waals surface area contributed by atoms with Crippen molar-refractivity contribution < 1.29 is 17.2 Å². The monoisotopic (exact) mass is 488 g/mol. The molecule has 30 heavy (non-hydrogen) atoms. The summed E-state index contributed by atoms with van der Waals surface area (Å²) < 4.78 is 52.7. The maximum Gasteiger partial charge on any atom is 0.185 e. The standard InChI is InChI=1S/C20H16Cl2F2N2O2S2/c21-12-1-3-15(16(22)9-12)18-11-29-20(25-18)26-7-5-14(6-8-26)30(27,28)19-4-2-13(23)10-17(19)24/h1-4,9-11,14H,5-8H2. The van der Waals surface area contributed by atoms with Gasteiger partial charge in [0.15, 0.2) is 15.0 Å². The number of sulfone groups is 1. The Hall–Kier alpha value is -1.74. The minimum absolute atomic E-state index is 0.329. The van der Waals surface area contributed by atoms with Crippen molar-refractivity contribution in [2.24, 2.45) is 0 Å². The van der Waals surface area contributed by atoms with Crippen LogP contribution < -0.4 is 4.90 Å². The Labute approximate surface area is 187 Å². The predicted octanol–water partition coefficient (Wildman–Crippen LogP) is 5.84. The molecule has 1 saturated heterocycles. The van der Waals surface area contributed by atoms with Gasteiger partial charge in [-0.3, -0.25) is 0 Å². The molecule has 0 N–H and O–H groups in total. The Kier molecular flexibility index (Phi) is 6.03. The zero-order valence-electron chi connectivity index (χ0n) is 15.5. The van der Waals surface area contributed by atoms with Crippen LogP contribution in [0.2, 0.25) is 10.0 Å². The summed E-state index contributed by atoms with van der Waals surface area (Å²) in [5.41, 5.74) is 1.49. The number of halogens is 4. The van der Waals surface area contributed by atoms with Gasteiger partial charge in [0, 0.05) is 35.1 Å². The largest absolute Gasteiger partial charge is 0.348 e. The van der Waals surface area contributed by atoms with E-state index in [1.54, 1.807) is 18.2 Å². The fourth-order valence-corrected chi connectivity index (χ4v) is 6.64. The first-order chi connectivity index (χ1) is 14.3. The van der Waals surface area contributed by atoms with Crippen LogP contribution in [0.25, 0.3) is 11.3 Å². The Balaban J connectivity index is 1.48. The number of hydrogen-bond acceptors (Lipinski definition) is 5. The summed E-state index contributed by atoms with van der Waals surface area (Å²) in [5, 5.41) is 2.98. The normalized spacial score (nSPS) is 15.5. The van der Waals surface area contributed by atoms with Crippen molar-refractivity contribution >= 4 is 49.5 Å². The van der Waals surface area contributed by atoms with E-state index in [4.69, 9.17) is 23.2 Å². The van der Waals surface area contributed by atoms with Crippen LogP contribution in [0, 0.1) is 11.6 Å². The van der Waals surface area contributed by atoms with Crippen LogP contribution in [0.15, 0.2) is 46.7 Å². The van der Waals surface area contributed by atoms with Crippen LogP contribution in [-0.2, 0) is 9.84 Å². The number of benzene rings is 2. The van der Waals surface area contributed by atoms with E-state index in [9.17, 15) is 17.2 Å². The third-order valence-corrected chi connectivity index (χ3v) is 8.79. The third-order valence-electron chi connectivity index (χ3n) is 5.05. The van der Waals surface area contributed by atoms with Crippen LogP contribution in [0.1, 0.15) is 12.8 Å². The summed E-state index contributed by atoms with van der Waals surface area (Å²) in [7, 11) is -3.88. The molecule has 158 valence electrons. The number of thiazole rings is 1. The average molecular weight is 489 g/mol. The van der Waals surface area contributed by atoms with Crippen LogP contribution >= 0.6 is 34.5 Å². The lowest BCUT2D eigenvalue weighted by Crippen LogP contribution is -2.39. The van der Waals surface area contributed by atoms with Gasteiger partial charge in [0.2, 0.25) is 0 Å². The molecule has 1 aliphatic rings. The van der Waals surface area contributed by atoms with Gasteiger partial charge in [-0.1, -0.05) is 23.2 Å². The van der Waals surface area contributed by atoms with E-state index in [0.29, 0.717) is 42.0 Å². The fraction of sp³-hybridized carbons (Fsp3) is 0.250. The molecule has 1 fully saturated rings. The molecule has 0 unspecified atom stereocenters. The van der Waals surface area contributed by atoms with Gasteiger partial charge in [0.1, 0.15) is 16.5 Å². The van der Waals surface area contributed by atoms with E-state index < -0.39 is 31.6 Å². The highest BCUT2D eigenvalue weighted by molar-refractivity contribution is 7.92. The minimum atomic E-state index is -3.88. The topological polar surface area (TPSA) is 50.3 Å². The van der Waals surface area contributed by atoms with Crippen molar-refractivity contribution in [1.29, 1.82) is 0 Å². The smallest absolute Gasteiger partial charge is 0.185 e. The zero-order valence-corrected chi connectivity index (χ0v) is 18.6. The van der Waals surface area contributed by atoms with Crippen molar-refractivity contribution in [1.82, 2.24) is 4.98 Å². The maximum absolute atomic E-state index is 14.0. The summed E-state index contributed by atoms with van der Waals surface area (Å²) in [6.07, 6.45) is 0.658. The minimum Gasteiger partial charge on any atom is -0.348 e. The van der Waals surface area contributed by atoms with Gasteiger partial charge in [-0.15, -0.1) is 11.3 Å². The van der Waals surface area contributed by atoms with Crippen LogP contribution in [0.4, 0.5) is 13.9 Å². The molecule has 3 aromatic rings. The van der Waals surface area contributed by atoms with Gasteiger partial charge in [-0.25, -0.2) is 22.2 Å². The quantitative estimate of drug-likeness (QED) is 0.433. The lowest BCUT2D eigenvalue weighted by Gasteiger charge is -2.31. The number of nitrogens with zero attached hydrogens (tertiary/aromatic N) is 2. The van der Waals surface area contributed by atoms with Gasteiger partial charge < -0.3 is 4.90 Å². The van der Waals surface area contributed by atoms with E-state index in [1.165, 1.54) is 11.3 Å². The van der Waals surface area contributed by atoms with Gasteiger partial charge in [-0.05, 0) is 43.2 Å². The lowest BCUT2D eigenvalue weighted by atomic mass is 10.1. The highest BCUT2D eigenvalue weighted by atomic mass is 35.5. The molecule has 0 atom stereocenters. The summed E-state index contributed by atoms with van der Waals surface area (Å²) in [4.78, 5) is 6.19. The first-order valence-electron chi connectivity index (χ1n) is 9.10. The first kappa shape index (κ1) is 21.5. The van der Waals surface area contributed by atoms with E-state index >= 15 is 0 Å². The fourth-order valence-electron chi connectivity index (χ4n) is 3.47. The number of aromatic nitrogens is 1. The molecule has 4 rings (SSSR count). The molecule has 4 nitrogen and oxygen atoms in total. The second kappa shape index (κ2) is 8.42. The molecular formula is C20H16Cl2F2N2O2S2. The van der Waals surface area contributed by atoms with Crippen molar-refractivity contribution in [3.05, 3.63) is 63.5 Å². The molecule has 0 spiro atoms. The Morgan fingerprint density at radius 1 is 1.07 bits per heavy atom. The zero-order chi connectivity index (χ0) is 21.5. The van der Waals surface area contributed by atoms with Crippen molar-refractivity contribution in [3.63, 3.8) is 0 Å².